The summed E-state index contributed by atoms with van der Waals surface area (Å²) in [6.07, 6.45) is -0.324. The fourth-order valence-electron chi connectivity index (χ4n) is 3.18. The molecule has 0 radical (unpaired) electrons. The van der Waals surface area contributed by atoms with Crippen molar-refractivity contribution in [3.63, 3.8) is 0 Å². The van der Waals surface area contributed by atoms with Gasteiger partial charge in [0.25, 0.3) is 20.2 Å². The lowest BCUT2D eigenvalue weighted by Crippen LogP contribution is -2.50. The van der Waals surface area contributed by atoms with Crippen LogP contribution in [0.4, 0.5) is 0 Å². The molecule has 28 heavy (non-hydrogen) atoms. The molecule has 2 aliphatic rings. The van der Waals surface area contributed by atoms with Crippen LogP contribution in [0, 0.1) is 5.92 Å². The van der Waals surface area contributed by atoms with Crippen molar-refractivity contribution in [1.82, 2.24) is 0 Å². The summed E-state index contributed by atoms with van der Waals surface area (Å²) < 4.78 is 78.2. The van der Waals surface area contributed by atoms with Crippen molar-refractivity contribution in [1.29, 1.82) is 0 Å². The first-order valence-corrected chi connectivity index (χ1v) is 12.2. The van der Waals surface area contributed by atoms with Gasteiger partial charge >= 0.3 is 5.97 Å². The van der Waals surface area contributed by atoms with E-state index in [1.54, 1.807) is 20.8 Å². The molecule has 3 atom stereocenters. The summed E-state index contributed by atoms with van der Waals surface area (Å²) in [6, 6.07) is 0. The van der Waals surface area contributed by atoms with E-state index in [0.717, 1.165) is 12.5 Å². The van der Waals surface area contributed by atoms with Crippen LogP contribution in [-0.4, -0.2) is 78.9 Å². The minimum atomic E-state index is -3.89. The SMILES string of the molecule is CCOC(=O)C[C@H]1[C@H]2OC(C)(C)O[C@H]2OC1(COS(C)(=O)=O)COS(C)(=O)=O. The average Bonchev–Trinajstić information content (AvgIpc) is 2.93. The van der Waals surface area contributed by atoms with Crippen molar-refractivity contribution in [3.05, 3.63) is 0 Å². The molecule has 0 aliphatic carbocycles. The average molecular weight is 446 g/mol. The van der Waals surface area contributed by atoms with E-state index in [1.807, 2.05) is 0 Å². The Kier molecular flexibility index (Phi) is 6.81. The second-order valence-corrected chi connectivity index (χ2v) is 10.5. The third-order valence-electron chi connectivity index (χ3n) is 4.24. The van der Waals surface area contributed by atoms with E-state index in [4.69, 9.17) is 27.3 Å². The highest BCUT2D eigenvalue weighted by Crippen LogP contribution is 2.48. The number of carbonyl (C=O) groups excluding carboxylic acids is 1. The largest absolute Gasteiger partial charge is 0.466 e. The normalized spacial score (nSPS) is 28.8. The molecule has 0 amide bonds. The Bertz CT molecular complexity index is 751. The smallest absolute Gasteiger partial charge is 0.306 e. The number of carbonyl (C=O) groups is 1. The van der Waals surface area contributed by atoms with Crippen LogP contribution >= 0.6 is 0 Å². The van der Waals surface area contributed by atoms with E-state index in [9.17, 15) is 21.6 Å². The van der Waals surface area contributed by atoms with Gasteiger partial charge in [-0.05, 0) is 20.8 Å². The Morgan fingerprint density at radius 2 is 1.50 bits per heavy atom. The zero-order valence-corrected chi connectivity index (χ0v) is 18.0. The van der Waals surface area contributed by atoms with E-state index >= 15 is 0 Å². The number of hydrogen-bond acceptors (Lipinski definition) is 11. The third-order valence-corrected chi connectivity index (χ3v) is 5.33. The van der Waals surface area contributed by atoms with E-state index < -0.39 is 69.1 Å². The highest BCUT2D eigenvalue weighted by atomic mass is 32.2. The Balaban J connectivity index is 2.38. The van der Waals surface area contributed by atoms with Gasteiger partial charge < -0.3 is 18.9 Å². The molecular weight excluding hydrogens is 420 g/mol. The van der Waals surface area contributed by atoms with Crippen molar-refractivity contribution in [3.8, 4) is 0 Å². The first-order chi connectivity index (χ1) is 12.7. The number of fused-ring (bicyclic) bond motifs is 1. The monoisotopic (exact) mass is 446 g/mol. The molecule has 2 heterocycles. The van der Waals surface area contributed by atoms with Crippen molar-refractivity contribution < 1.29 is 48.9 Å². The first kappa shape index (κ1) is 23.4. The maximum atomic E-state index is 12.1. The predicted octanol–water partition coefficient (Wildman–Crippen LogP) is -0.245. The van der Waals surface area contributed by atoms with E-state index in [-0.39, 0.29) is 13.0 Å². The van der Waals surface area contributed by atoms with E-state index in [2.05, 4.69) is 0 Å². The number of esters is 1. The van der Waals surface area contributed by atoms with Gasteiger partial charge in [-0.25, -0.2) is 0 Å². The topological polar surface area (TPSA) is 141 Å². The van der Waals surface area contributed by atoms with Gasteiger partial charge in [-0.3, -0.25) is 13.2 Å². The lowest BCUT2D eigenvalue weighted by atomic mass is 9.84. The van der Waals surface area contributed by atoms with Crippen molar-refractivity contribution in [2.45, 2.75) is 51.0 Å². The molecule has 2 rings (SSSR count). The fourth-order valence-corrected chi connectivity index (χ4v) is 4.00. The van der Waals surface area contributed by atoms with Crippen molar-refractivity contribution >= 4 is 26.2 Å². The standard InChI is InChI=1S/C15H26O11S2/c1-6-21-11(16)7-10-12-13(25-14(2,3)24-12)26-15(10,8-22-27(4,17)18)9-23-28(5,19)20/h10,12-13H,6-9H2,1-5H3/t10-,12+,13-/m0/s1. The Morgan fingerprint density at radius 3 is 1.96 bits per heavy atom. The predicted molar refractivity (Wildman–Crippen MR) is 94.0 cm³/mol. The summed E-state index contributed by atoms with van der Waals surface area (Å²) in [5.41, 5.74) is -1.63. The maximum absolute atomic E-state index is 12.1. The van der Waals surface area contributed by atoms with Gasteiger partial charge in [-0.15, -0.1) is 0 Å². The van der Waals surface area contributed by atoms with Crippen LogP contribution in [0.2, 0.25) is 0 Å². The summed E-state index contributed by atoms with van der Waals surface area (Å²) in [4.78, 5) is 12.1. The summed E-state index contributed by atoms with van der Waals surface area (Å²) in [5.74, 6) is -2.45. The number of ether oxygens (including phenoxy) is 4. The molecule has 2 fully saturated rings. The van der Waals surface area contributed by atoms with Gasteiger partial charge in [-0.1, -0.05) is 0 Å². The molecule has 0 saturated carbocycles. The summed E-state index contributed by atoms with van der Waals surface area (Å²) in [5, 5.41) is 0. The molecule has 11 nitrogen and oxygen atoms in total. The molecule has 0 aromatic heterocycles. The van der Waals surface area contributed by atoms with E-state index in [0.29, 0.717) is 0 Å². The fraction of sp³-hybridized carbons (Fsp3) is 0.933. The van der Waals surface area contributed by atoms with Gasteiger partial charge in [0.15, 0.2) is 12.1 Å². The minimum absolute atomic E-state index is 0.135. The summed E-state index contributed by atoms with van der Waals surface area (Å²) in [7, 11) is -7.79. The van der Waals surface area contributed by atoms with Crippen LogP contribution in [-0.2, 0) is 52.3 Å². The molecule has 0 bridgehead atoms. The molecule has 2 aliphatic heterocycles. The van der Waals surface area contributed by atoms with Gasteiger partial charge in [0.2, 0.25) is 0 Å². The maximum Gasteiger partial charge on any atom is 0.306 e. The van der Waals surface area contributed by atoms with Gasteiger partial charge in [-0.2, -0.15) is 16.8 Å². The summed E-state index contributed by atoms with van der Waals surface area (Å²) >= 11 is 0. The minimum Gasteiger partial charge on any atom is -0.466 e. The van der Waals surface area contributed by atoms with Gasteiger partial charge in [0.05, 0.1) is 38.8 Å². The van der Waals surface area contributed by atoms with Crippen LogP contribution < -0.4 is 0 Å². The molecule has 0 aromatic rings. The molecule has 13 heteroatoms. The van der Waals surface area contributed by atoms with Crippen LogP contribution in [0.3, 0.4) is 0 Å². The van der Waals surface area contributed by atoms with E-state index in [1.165, 1.54) is 0 Å². The highest BCUT2D eigenvalue weighted by molar-refractivity contribution is 7.86. The quantitative estimate of drug-likeness (QED) is 0.342. The zero-order valence-electron chi connectivity index (χ0n) is 16.4. The Morgan fingerprint density at radius 1 is 0.964 bits per heavy atom. The first-order valence-electron chi connectivity index (χ1n) is 8.54. The van der Waals surface area contributed by atoms with Crippen LogP contribution in [0.1, 0.15) is 27.2 Å². The molecule has 0 N–H and O–H groups in total. The van der Waals surface area contributed by atoms with Crippen LogP contribution in [0.5, 0.6) is 0 Å². The Hall–Kier alpha value is -0.830. The lowest BCUT2D eigenvalue weighted by molar-refractivity contribution is -0.243. The Labute approximate surface area is 164 Å². The number of hydrogen-bond donors (Lipinski definition) is 0. The van der Waals surface area contributed by atoms with Gasteiger partial charge in [0.1, 0.15) is 11.7 Å². The second-order valence-electron chi connectivity index (χ2n) is 7.20. The lowest BCUT2D eigenvalue weighted by Gasteiger charge is -2.35. The van der Waals surface area contributed by atoms with Crippen molar-refractivity contribution in [2.24, 2.45) is 5.92 Å². The molecule has 164 valence electrons. The second kappa shape index (κ2) is 8.13. The molecule has 0 spiro atoms. The zero-order chi connectivity index (χ0) is 21.4. The third kappa shape index (κ3) is 6.08. The van der Waals surface area contributed by atoms with Crippen molar-refractivity contribution in [2.75, 3.05) is 32.3 Å². The molecule has 2 saturated heterocycles. The number of rotatable bonds is 9. The molecule has 0 aromatic carbocycles. The molecular formula is C15H26O11S2. The van der Waals surface area contributed by atoms with Crippen LogP contribution in [0.15, 0.2) is 0 Å². The van der Waals surface area contributed by atoms with Crippen LogP contribution in [0.25, 0.3) is 0 Å². The molecule has 0 unspecified atom stereocenters. The summed E-state index contributed by atoms with van der Waals surface area (Å²) in [6.45, 7) is 3.89. The highest BCUT2D eigenvalue weighted by Gasteiger charge is 2.63. The van der Waals surface area contributed by atoms with Gasteiger partial charge in [0, 0.05) is 5.92 Å².